The Morgan fingerprint density at radius 1 is 1.39 bits per heavy atom. The van der Waals surface area contributed by atoms with Crippen molar-refractivity contribution < 1.29 is 15.0 Å². The Bertz CT molecular complexity index is 400. The van der Waals surface area contributed by atoms with Crippen LogP contribution in [0.3, 0.4) is 0 Å². The molecule has 0 saturated carbocycles. The number of aryl methyl sites for hydroxylation is 1. The monoisotopic (exact) mass is 252 g/mol. The lowest BCUT2D eigenvalue weighted by molar-refractivity contribution is -0.119. The van der Waals surface area contributed by atoms with Crippen LogP contribution >= 0.6 is 0 Å². The topological polar surface area (TPSA) is 95.6 Å². The van der Waals surface area contributed by atoms with Crippen molar-refractivity contribution in [3.05, 3.63) is 29.3 Å². The van der Waals surface area contributed by atoms with Gasteiger partial charge in [0.1, 0.15) is 6.10 Å². The molecule has 0 aliphatic heterocycles. The molecule has 1 rings (SSSR count). The summed E-state index contributed by atoms with van der Waals surface area (Å²) in [6.45, 7) is 3.61. The predicted molar refractivity (Wildman–Crippen MR) is 69.9 cm³/mol. The third kappa shape index (κ3) is 4.35. The average Bonchev–Trinajstić information content (AvgIpc) is 2.26. The number of carbonyl (C=O) groups excluding carboxylic acids is 1. The molecule has 2 unspecified atom stereocenters. The minimum Gasteiger partial charge on any atom is -0.399 e. The summed E-state index contributed by atoms with van der Waals surface area (Å²) in [5.41, 5.74) is 7.76. The number of hydrogen-bond acceptors (Lipinski definition) is 4. The molecular weight excluding hydrogens is 232 g/mol. The lowest BCUT2D eigenvalue weighted by Crippen LogP contribution is -2.27. The molecule has 0 spiro atoms. The quantitative estimate of drug-likeness (QED) is 0.574. The molecule has 0 heterocycles. The highest BCUT2D eigenvalue weighted by Crippen LogP contribution is 2.22. The molecule has 1 aromatic carbocycles. The molecule has 0 radical (unpaired) electrons. The fourth-order valence-corrected chi connectivity index (χ4v) is 1.79. The fraction of sp³-hybridized carbons (Fsp3) is 0.462. The predicted octanol–water partition coefficient (Wildman–Crippen LogP) is 0.498. The lowest BCUT2D eigenvalue weighted by atomic mass is 9.99. The second kappa shape index (κ2) is 6.37. The SMILES string of the molecule is CC(=O)NCCC(O)C(O)c1cc(C)cc(N)c1. The zero-order chi connectivity index (χ0) is 13.7. The van der Waals surface area contributed by atoms with E-state index in [1.807, 2.05) is 6.92 Å². The number of nitrogens with two attached hydrogens (primary N) is 1. The van der Waals surface area contributed by atoms with Crippen molar-refractivity contribution in [3.8, 4) is 0 Å². The lowest BCUT2D eigenvalue weighted by Gasteiger charge is -2.19. The third-order valence-corrected chi connectivity index (χ3v) is 2.64. The Labute approximate surface area is 107 Å². The van der Waals surface area contributed by atoms with Gasteiger partial charge in [-0.25, -0.2) is 0 Å². The first-order valence-electron chi connectivity index (χ1n) is 5.88. The number of hydrogen-bond donors (Lipinski definition) is 4. The molecule has 0 fully saturated rings. The molecule has 1 amide bonds. The van der Waals surface area contributed by atoms with E-state index in [4.69, 9.17) is 5.73 Å². The van der Waals surface area contributed by atoms with Gasteiger partial charge in [0.25, 0.3) is 0 Å². The Morgan fingerprint density at radius 3 is 2.61 bits per heavy atom. The molecular formula is C13H20N2O3. The van der Waals surface area contributed by atoms with Gasteiger partial charge < -0.3 is 21.3 Å². The van der Waals surface area contributed by atoms with Gasteiger partial charge in [0, 0.05) is 19.2 Å². The van der Waals surface area contributed by atoms with Gasteiger partial charge in [-0.3, -0.25) is 4.79 Å². The summed E-state index contributed by atoms with van der Waals surface area (Å²) in [5.74, 6) is -0.156. The average molecular weight is 252 g/mol. The summed E-state index contributed by atoms with van der Waals surface area (Å²) in [6, 6.07) is 5.21. The largest absolute Gasteiger partial charge is 0.399 e. The summed E-state index contributed by atoms with van der Waals surface area (Å²) in [4.78, 5) is 10.7. The van der Waals surface area contributed by atoms with Crippen LogP contribution in [0.5, 0.6) is 0 Å². The molecule has 18 heavy (non-hydrogen) atoms. The van der Waals surface area contributed by atoms with Gasteiger partial charge >= 0.3 is 0 Å². The van der Waals surface area contributed by atoms with Crippen molar-refractivity contribution in [2.75, 3.05) is 12.3 Å². The van der Waals surface area contributed by atoms with E-state index >= 15 is 0 Å². The van der Waals surface area contributed by atoms with Gasteiger partial charge in [-0.15, -0.1) is 0 Å². The summed E-state index contributed by atoms with van der Waals surface area (Å²) in [6.07, 6.45) is -1.65. The van der Waals surface area contributed by atoms with Crippen molar-refractivity contribution in [3.63, 3.8) is 0 Å². The first-order valence-corrected chi connectivity index (χ1v) is 5.88. The van der Waals surface area contributed by atoms with Crippen LogP contribution in [0.1, 0.15) is 30.6 Å². The molecule has 5 N–H and O–H groups in total. The highest BCUT2D eigenvalue weighted by Gasteiger charge is 2.18. The normalized spacial score (nSPS) is 14.0. The maximum atomic E-state index is 10.7. The Balaban J connectivity index is 2.62. The third-order valence-electron chi connectivity index (χ3n) is 2.64. The number of nitrogen functional groups attached to an aromatic ring is 1. The summed E-state index contributed by atoms with van der Waals surface area (Å²) in [5, 5.41) is 22.4. The second-order valence-corrected chi connectivity index (χ2v) is 4.46. The van der Waals surface area contributed by atoms with Crippen molar-refractivity contribution in [2.45, 2.75) is 32.5 Å². The van der Waals surface area contributed by atoms with E-state index in [0.29, 0.717) is 17.8 Å². The minimum atomic E-state index is -0.999. The molecule has 100 valence electrons. The smallest absolute Gasteiger partial charge is 0.216 e. The molecule has 2 atom stereocenters. The Kier molecular flexibility index (Phi) is 5.12. The van der Waals surface area contributed by atoms with Crippen molar-refractivity contribution in [1.29, 1.82) is 0 Å². The summed E-state index contributed by atoms with van der Waals surface area (Å²) >= 11 is 0. The van der Waals surface area contributed by atoms with Gasteiger partial charge in [-0.2, -0.15) is 0 Å². The molecule has 0 aliphatic rings. The molecule has 0 aromatic heterocycles. The van der Waals surface area contributed by atoms with Crippen LogP contribution in [0, 0.1) is 6.92 Å². The highest BCUT2D eigenvalue weighted by molar-refractivity contribution is 5.72. The fourth-order valence-electron chi connectivity index (χ4n) is 1.79. The first-order chi connectivity index (χ1) is 8.40. The van der Waals surface area contributed by atoms with E-state index in [1.165, 1.54) is 6.92 Å². The molecule has 1 aromatic rings. The zero-order valence-corrected chi connectivity index (χ0v) is 10.7. The number of amides is 1. The van der Waals surface area contributed by atoms with Crippen LogP contribution in [0.4, 0.5) is 5.69 Å². The highest BCUT2D eigenvalue weighted by atomic mass is 16.3. The van der Waals surface area contributed by atoms with Crippen LogP contribution in [0.2, 0.25) is 0 Å². The van der Waals surface area contributed by atoms with E-state index in [-0.39, 0.29) is 12.3 Å². The maximum Gasteiger partial charge on any atom is 0.216 e. The van der Waals surface area contributed by atoms with E-state index in [0.717, 1.165) is 5.56 Å². The van der Waals surface area contributed by atoms with Crippen molar-refractivity contribution >= 4 is 11.6 Å². The van der Waals surface area contributed by atoms with Gasteiger partial charge in [-0.1, -0.05) is 6.07 Å². The first kappa shape index (κ1) is 14.5. The second-order valence-electron chi connectivity index (χ2n) is 4.46. The van der Waals surface area contributed by atoms with Crippen LogP contribution in [-0.2, 0) is 4.79 Å². The molecule has 5 heteroatoms. The van der Waals surface area contributed by atoms with Gasteiger partial charge in [-0.05, 0) is 36.6 Å². The number of benzene rings is 1. The van der Waals surface area contributed by atoms with Gasteiger partial charge in [0.15, 0.2) is 0 Å². The van der Waals surface area contributed by atoms with E-state index in [1.54, 1.807) is 18.2 Å². The van der Waals surface area contributed by atoms with Crippen LogP contribution in [-0.4, -0.2) is 28.8 Å². The van der Waals surface area contributed by atoms with Crippen LogP contribution in [0.15, 0.2) is 18.2 Å². The van der Waals surface area contributed by atoms with Crippen molar-refractivity contribution in [2.24, 2.45) is 0 Å². The standard InChI is InChI=1S/C13H20N2O3/c1-8-5-10(7-11(14)6-8)13(18)12(17)3-4-15-9(2)16/h5-7,12-13,17-18H,3-4,14H2,1-2H3,(H,15,16). The van der Waals surface area contributed by atoms with E-state index in [2.05, 4.69) is 5.32 Å². The summed E-state index contributed by atoms with van der Waals surface area (Å²) in [7, 11) is 0. The summed E-state index contributed by atoms with van der Waals surface area (Å²) < 4.78 is 0. The Hall–Kier alpha value is -1.59. The van der Waals surface area contributed by atoms with Crippen LogP contribution in [0.25, 0.3) is 0 Å². The molecule has 5 nitrogen and oxygen atoms in total. The number of nitrogens with one attached hydrogen (secondary N) is 1. The van der Waals surface area contributed by atoms with Crippen LogP contribution < -0.4 is 11.1 Å². The molecule has 0 saturated heterocycles. The number of aliphatic hydroxyl groups excluding tert-OH is 2. The number of aliphatic hydroxyl groups is 2. The van der Waals surface area contributed by atoms with Gasteiger partial charge in [0.05, 0.1) is 6.10 Å². The zero-order valence-electron chi connectivity index (χ0n) is 10.7. The number of carbonyl (C=O) groups is 1. The number of anilines is 1. The minimum absolute atomic E-state index is 0.156. The maximum absolute atomic E-state index is 10.7. The van der Waals surface area contributed by atoms with E-state index in [9.17, 15) is 15.0 Å². The number of rotatable bonds is 5. The van der Waals surface area contributed by atoms with Gasteiger partial charge in [0.2, 0.25) is 5.91 Å². The van der Waals surface area contributed by atoms with E-state index < -0.39 is 12.2 Å². The van der Waals surface area contributed by atoms with Crippen molar-refractivity contribution in [1.82, 2.24) is 5.32 Å². The molecule has 0 bridgehead atoms. The molecule has 0 aliphatic carbocycles. The Morgan fingerprint density at radius 2 is 2.06 bits per heavy atom.